The van der Waals surface area contributed by atoms with Gasteiger partial charge in [0, 0.05) is 18.6 Å². The molecule has 1 N–H and O–H groups in total. The quantitative estimate of drug-likeness (QED) is 0.811. The molecule has 2 aromatic heterocycles. The Morgan fingerprint density at radius 1 is 1.53 bits per heavy atom. The first-order valence-corrected chi connectivity index (χ1v) is 4.65. The van der Waals surface area contributed by atoms with Crippen LogP contribution in [0.2, 0.25) is 0 Å². The normalized spacial score (nSPS) is 9.82. The standard InChI is InChI=1S/C10H7N5O2/c11-3-9-13-1-2-15(9)5-8-7(10(16)17)4-12-6-14-8/h1-2,4,6H,5H2,(H,16,17). The van der Waals surface area contributed by atoms with Crippen LogP contribution in [0, 0.1) is 11.3 Å². The van der Waals surface area contributed by atoms with Crippen molar-refractivity contribution in [3.05, 3.63) is 42.0 Å². The van der Waals surface area contributed by atoms with Gasteiger partial charge in [0.15, 0.2) is 0 Å². The number of imidazole rings is 1. The highest BCUT2D eigenvalue weighted by molar-refractivity contribution is 5.88. The fourth-order valence-electron chi connectivity index (χ4n) is 1.37. The molecule has 2 heterocycles. The van der Waals surface area contributed by atoms with Crippen molar-refractivity contribution in [2.75, 3.05) is 0 Å². The minimum absolute atomic E-state index is 0.0186. The lowest BCUT2D eigenvalue weighted by atomic mass is 10.2. The van der Waals surface area contributed by atoms with E-state index in [0.717, 1.165) is 0 Å². The molecule has 0 saturated carbocycles. The number of hydrogen-bond donors (Lipinski definition) is 1. The molecule has 2 rings (SSSR count). The minimum atomic E-state index is -1.10. The maximum absolute atomic E-state index is 10.9. The number of nitriles is 1. The summed E-state index contributed by atoms with van der Waals surface area (Å²) in [5.74, 6) is -0.890. The first-order valence-electron chi connectivity index (χ1n) is 4.65. The number of carboxylic acids is 1. The second kappa shape index (κ2) is 4.40. The number of rotatable bonds is 3. The summed E-state index contributed by atoms with van der Waals surface area (Å²) in [6.07, 6.45) is 5.56. The Balaban J connectivity index is 2.37. The fourth-order valence-corrected chi connectivity index (χ4v) is 1.37. The first kappa shape index (κ1) is 10.8. The first-order chi connectivity index (χ1) is 8.22. The van der Waals surface area contributed by atoms with E-state index in [9.17, 15) is 4.79 Å². The van der Waals surface area contributed by atoms with Gasteiger partial charge >= 0.3 is 5.97 Å². The van der Waals surface area contributed by atoms with Crippen LogP contribution in [-0.4, -0.2) is 30.6 Å². The number of nitrogens with zero attached hydrogens (tertiary/aromatic N) is 5. The van der Waals surface area contributed by atoms with Crippen molar-refractivity contribution in [2.45, 2.75) is 6.54 Å². The van der Waals surface area contributed by atoms with Crippen LogP contribution >= 0.6 is 0 Å². The van der Waals surface area contributed by atoms with Crippen molar-refractivity contribution in [3.8, 4) is 6.07 Å². The third kappa shape index (κ3) is 2.10. The Morgan fingerprint density at radius 2 is 2.35 bits per heavy atom. The average Bonchev–Trinajstić information content (AvgIpc) is 2.77. The van der Waals surface area contributed by atoms with E-state index in [0.29, 0.717) is 5.69 Å². The van der Waals surface area contributed by atoms with E-state index in [-0.39, 0.29) is 17.9 Å². The molecule has 84 valence electrons. The molecule has 0 aliphatic heterocycles. The lowest BCUT2D eigenvalue weighted by molar-refractivity contribution is 0.0694. The van der Waals surface area contributed by atoms with Crippen molar-refractivity contribution >= 4 is 5.97 Å². The molecule has 7 heteroatoms. The van der Waals surface area contributed by atoms with E-state index in [1.165, 1.54) is 23.3 Å². The maximum Gasteiger partial charge on any atom is 0.339 e. The maximum atomic E-state index is 10.9. The predicted molar refractivity (Wildman–Crippen MR) is 55.0 cm³/mol. The summed E-state index contributed by atoms with van der Waals surface area (Å²) >= 11 is 0. The van der Waals surface area contributed by atoms with Gasteiger partial charge in [0.1, 0.15) is 18.0 Å². The Morgan fingerprint density at radius 3 is 3.06 bits per heavy atom. The van der Waals surface area contributed by atoms with Crippen LogP contribution in [0.5, 0.6) is 0 Å². The van der Waals surface area contributed by atoms with E-state index in [2.05, 4.69) is 15.0 Å². The monoisotopic (exact) mass is 229 g/mol. The van der Waals surface area contributed by atoms with Crippen molar-refractivity contribution in [1.29, 1.82) is 5.26 Å². The number of hydrogen-bond acceptors (Lipinski definition) is 5. The van der Waals surface area contributed by atoms with Crippen LogP contribution in [0.15, 0.2) is 24.9 Å². The van der Waals surface area contributed by atoms with Crippen molar-refractivity contribution < 1.29 is 9.90 Å². The largest absolute Gasteiger partial charge is 0.478 e. The highest BCUT2D eigenvalue weighted by Gasteiger charge is 2.12. The SMILES string of the molecule is N#Cc1nccn1Cc1ncncc1C(=O)O. The summed E-state index contributed by atoms with van der Waals surface area (Å²) in [4.78, 5) is 22.3. The van der Waals surface area contributed by atoms with E-state index in [4.69, 9.17) is 10.4 Å². The number of aromatic nitrogens is 4. The molecule has 2 aromatic rings. The number of carboxylic acid groups (broad SMARTS) is 1. The van der Waals surface area contributed by atoms with Gasteiger partial charge in [-0.15, -0.1) is 0 Å². The zero-order chi connectivity index (χ0) is 12.3. The minimum Gasteiger partial charge on any atom is -0.478 e. The van der Waals surface area contributed by atoms with Gasteiger partial charge in [-0.05, 0) is 0 Å². The molecular formula is C10H7N5O2. The van der Waals surface area contributed by atoms with Gasteiger partial charge in [0.2, 0.25) is 5.82 Å². The highest BCUT2D eigenvalue weighted by Crippen LogP contribution is 2.07. The molecule has 0 atom stereocenters. The summed E-state index contributed by atoms with van der Waals surface area (Å²) < 4.78 is 1.52. The van der Waals surface area contributed by atoms with Crippen LogP contribution in [0.25, 0.3) is 0 Å². The molecule has 0 amide bonds. The van der Waals surface area contributed by atoms with Gasteiger partial charge in [-0.25, -0.2) is 19.7 Å². The lowest BCUT2D eigenvalue weighted by Crippen LogP contribution is -2.10. The summed E-state index contributed by atoms with van der Waals surface area (Å²) in [7, 11) is 0. The summed E-state index contributed by atoms with van der Waals surface area (Å²) in [5, 5.41) is 17.7. The van der Waals surface area contributed by atoms with Gasteiger partial charge in [0.05, 0.1) is 12.2 Å². The summed E-state index contributed by atoms with van der Waals surface area (Å²) in [6.45, 7) is 0.174. The molecular weight excluding hydrogens is 222 g/mol. The van der Waals surface area contributed by atoms with E-state index in [1.807, 2.05) is 6.07 Å². The molecule has 17 heavy (non-hydrogen) atoms. The van der Waals surface area contributed by atoms with E-state index in [1.54, 1.807) is 6.20 Å². The third-order valence-electron chi connectivity index (χ3n) is 2.16. The second-order valence-electron chi connectivity index (χ2n) is 3.18. The molecule has 7 nitrogen and oxygen atoms in total. The van der Waals surface area contributed by atoms with Gasteiger partial charge in [-0.3, -0.25) is 0 Å². The van der Waals surface area contributed by atoms with Crippen molar-refractivity contribution in [2.24, 2.45) is 0 Å². The number of carbonyl (C=O) groups is 1. The molecule has 0 fully saturated rings. The average molecular weight is 229 g/mol. The third-order valence-corrected chi connectivity index (χ3v) is 2.16. The Labute approximate surface area is 96.0 Å². The Kier molecular flexibility index (Phi) is 2.79. The Bertz CT molecular complexity index is 599. The van der Waals surface area contributed by atoms with Gasteiger partial charge in [0.25, 0.3) is 0 Å². The van der Waals surface area contributed by atoms with E-state index >= 15 is 0 Å². The summed E-state index contributed by atoms with van der Waals surface area (Å²) in [5.41, 5.74) is 0.354. The van der Waals surface area contributed by atoms with Crippen molar-refractivity contribution in [3.63, 3.8) is 0 Å². The van der Waals surface area contributed by atoms with Crippen LogP contribution in [0.1, 0.15) is 21.9 Å². The zero-order valence-corrected chi connectivity index (χ0v) is 8.61. The smallest absolute Gasteiger partial charge is 0.339 e. The van der Waals surface area contributed by atoms with Gasteiger partial charge in [-0.1, -0.05) is 0 Å². The predicted octanol–water partition coefficient (Wildman–Crippen LogP) is 0.291. The van der Waals surface area contributed by atoms with Gasteiger partial charge in [-0.2, -0.15) is 5.26 Å². The second-order valence-corrected chi connectivity index (χ2v) is 3.18. The molecule has 0 bridgehead atoms. The molecule has 0 radical (unpaired) electrons. The van der Waals surface area contributed by atoms with Crippen molar-refractivity contribution in [1.82, 2.24) is 19.5 Å². The molecule has 0 aromatic carbocycles. The van der Waals surface area contributed by atoms with Crippen LogP contribution in [0.3, 0.4) is 0 Å². The summed E-state index contributed by atoms with van der Waals surface area (Å²) in [6, 6.07) is 1.91. The lowest BCUT2D eigenvalue weighted by Gasteiger charge is -2.05. The fraction of sp³-hybridized carbons (Fsp3) is 0.100. The Hall–Kier alpha value is -2.75. The number of aromatic carboxylic acids is 1. The molecule has 0 unspecified atom stereocenters. The van der Waals surface area contributed by atoms with Crippen LogP contribution < -0.4 is 0 Å². The van der Waals surface area contributed by atoms with Crippen LogP contribution in [0.4, 0.5) is 0 Å². The van der Waals surface area contributed by atoms with Crippen LogP contribution in [-0.2, 0) is 6.54 Å². The molecule has 0 aliphatic carbocycles. The van der Waals surface area contributed by atoms with E-state index < -0.39 is 5.97 Å². The molecule has 0 aliphatic rings. The topological polar surface area (TPSA) is 105 Å². The highest BCUT2D eigenvalue weighted by atomic mass is 16.4. The van der Waals surface area contributed by atoms with Gasteiger partial charge < -0.3 is 9.67 Å². The zero-order valence-electron chi connectivity index (χ0n) is 8.61. The molecule has 0 saturated heterocycles. The molecule has 0 spiro atoms.